The molecule has 0 bridgehead atoms. The van der Waals surface area contributed by atoms with Crippen molar-refractivity contribution in [2.45, 2.75) is 58.5 Å². The second-order valence-electron chi connectivity index (χ2n) is 7.11. The number of halogens is 2. The smallest absolute Gasteiger partial charge is 0.130 e. The van der Waals surface area contributed by atoms with Gasteiger partial charge in [-0.3, -0.25) is 0 Å². The largest absolute Gasteiger partial charge is 0.307 e. The molecule has 2 fully saturated rings. The first kappa shape index (κ1) is 15.0. The molecule has 0 amide bonds. The molecule has 2 aliphatic carbocycles. The molecule has 1 N–H and O–H groups in total. The van der Waals surface area contributed by atoms with Gasteiger partial charge in [-0.05, 0) is 49.1 Å². The Balaban J connectivity index is 1.91. The van der Waals surface area contributed by atoms with E-state index >= 15 is 0 Å². The fraction of sp³-hybridized carbons (Fsp3) is 0.667. The van der Waals surface area contributed by atoms with Gasteiger partial charge in [0.25, 0.3) is 0 Å². The summed E-state index contributed by atoms with van der Waals surface area (Å²) in [6, 6.07) is 3.07. The molecule has 0 radical (unpaired) electrons. The molecule has 0 heterocycles. The lowest BCUT2D eigenvalue weighted by Gasteiger charge is -2.23. The number of hydrogen-bond donors (Lipinski definition) is 1. The second-order valence-corrected chi connectivity index (χ2v) is 7.11. The normalized spacial score (nSPS) is 29.3. The minimum atomic E-state index is -0.451. The summed E-state index contributed by atoms with van der Waals surface area (Å²) in [5.41, 5.74) is 1.19. The molecule has 3 atom stereocenters. The van der Waals surface area contributed by atoms with E-state index in [1.54, 1.807) is 13.0 Å². The van der Waals surface area contributed by atoms with Gasteiger partial charge in [-0.1, -0.05) is 26.7 Å². The van der Waals surface area contributed by atoms with E-state index in [1.165, 1.54) is 25.7 Å². The maximum atomic E-state index is 14.3. The van der Waals surface area contributed by atoms with E-state index in [1.807, 2.05) is 0 Å². The Labute approximate surface area is 126 Å². The highest BCUT2D eigenvalue weighted by molar-refractivity contribution is 5.30. The van der Waals surface area contributed by atoms with Crippen LogP contribution in [0.25, 0.3) is 0 Å². The van der Waals surface area contributed by atoms with Gasteiger partial charge in [-0.25, -0.2) is 8.78 Å². The number of fused-ring (bicyclic) bond motifs is 1. The summed E-state index contributed by atoms with van der Waals surface area (Å²) in [6.07, 6.45) is 5.15. The molecule has 1 aromatic carbocycles. The summed E-state index contributed by atoms with van der Waals surface area (Å²) in [5, 5.41) is 3.54. The lowest BCUT2D eigenvalue weighted by atomic mass is 9.96. The molecular weight excluding hydrogens is 268 g/mol. The van der Waals surface area contributed by atoms with Crippen molar-refractivity contribution in [2.75, 3.05) is 0 Å². The molecule has 2 saturated carbocycles. The van der Waals surface area contributed by atoms with Crippen LogP contribution in [0.15, 0.2) is 12.1 Å². The van der Waals surface area contributed by atoms with Crippen LogP contribution in [0.1, 0.15) is 56.7 Å². The average Bonchev–Trinajstić information content (AvgIpc) is 3.14. The molecule has 2 aliphatic rings. The first-order valence-corrected chi connectivity index (χ1v) is 8.20. The number of aryl methyl sites for hydroxylation is 1. The van der Waals surface area contributed by atoms with Crippen LogP contribution >= 0.6 is 0 Å². The predicted molar refractivity (Wildman–Crippen MR) is 81.0 cm³/mol. The van der Waals surface area contributed by atoms with Gasteiger partial charge in [0.05, 0.1) is 0 Å². The molecule has 0 spiro atoms. The van der Waals surface area contributed by atoms with Crippen molar-refractivity contribution in [3.8, 4) is 0 Å². The van der Waals surface area contributed by atoms with E-state index in [-0.39, 0.29) is 6.04 Å². The van der Waals surface area contributed by atoms with E-state index in [0.29, 0.717) is 23.1 Å². The number of rotatable bonds is 4. The van der Waals surface area contributed by atoms with Crippen molar-refractivity contribution in [1.82, 2.24) is 5.32 Å². The van der Waals surface area contributed by atoms with Crippen LogP contribution in [0.3, 0.4) is 0 Å². The minimum Gasteiger partial charge on any atom is -0.307 e. The third-order valence-electron chi connectivity index (χ3n) is 5.23. The van der Waals surface area contributed by atoms with Crippen molar-refractivity contribution >= 4 is 0 Å². The summed E-state index contributed by atoms with van der Waals surface area (Å²) >= 11 is 0. The van der Waals surface area contributed by atoms with Gasteiger partial charge in [0.2, 0.25) is 0 Å². The highest BCUT2D eigenvalue weighted by Gasteiger charge is 2.54. The van der Waals surface area contributed by atoms with E-state index in [4.69, 9.17) is 0 Å². The van der Waals surface area contributed by atoms with Crippen LogP contribution in [-0.2, 0) is 0 Å². The maximum Gasteiger partial charge on any atom is 0.130 e. The molecular formula is C18H25F2N. The summed E-state index contributed by atoms with van der Waals surface area (Å²) in [6.45, 7) is 5.89. The molecule has 0 aromatic heterocycles. The third kappa shape index (κ3) is 2.85. The molecule has 3 heteroatoms. The topological polar surface area (TPSA) is 12.0 Å². The van der Waals surface area contributed by atoms with Gasteiger partial charge in [0, 0.05) is 23.7 Å². The zero-order valence-corrected chi connectivity index (χ0v) is 13.1. The Hall–Kier alpha value is -0.960. The van der Waals surface area contributed by atoms with E-state index < -0.39 is 11.6 Å². The summed E-state index contributed by atoms with van der Waals surface area (Å²) in [7, 11) is 0. The van der Waals surface area contributed by atoms with Gasteiger partial charge in [0.1, 0.15) is 11.6 Å². The SMILES string of the molecule is Cc1cc(C(NC(C)C)C2C3CCCCC32)c(F)cc1F. The lowest BCUT2D eigenvalue weighted by Crippen LogP contribution is -2.31. The Bertz CT molecular complexity index is 514. The van der Waals surface area contributed by atoms with Gasteiger partial charge < -0.3 is 5.32 Å². The van der Waals surface area contributed by atoms with Crippen LogP contribution in [-0.4, -0.2) is 6.04 Å². The molecule has 1 aromatic rings. The fourth-order valence-corrected chi connectivity index (χ4v) is 4.23. The van der Waals surface area contributed by atoms with E-state index in [9.17, 15) is 8.78 Å². The van der Waals surface area contributed by atoms with Gasteiger partial charge in [-0.2, -0.15) is 0 Å². The average molecular weight is 293 g/mol. The van der Waals surface area contributed by atoms with Gasteiger partial charge in [-0.15, -0.1) is 0 Å². The van der Waals surface area contributed by atoms with Crippen LogP contribution < -0.4 is 5.32 Å². The Morgan fingerprint density at radius 3 is 2.24 bits per heavy atom. The molecule has 1 nitrogen and oxygen atoms in total. The predicted octanol–water partition coefficient (Wildman–Crippen LogP) is 4.75. The summed E-state index contributed by atoms with van der Waals surface area (Å²) in [4.78, 5) is 0. The quantitative estimate of drug-likeness (QED) is 0.845. The first-order chi connectivity index (χ1) is 9.99. The van der Waals surface area contributed by atoms with E-state index in [0.717, 1.165) is 17.9 Å². The Kier molecular flexibility index (Phi) is 4.04. The molecule has 3 rings (SSSR count). The van der Waals surface area contributed by atoms with Gasteiger partial charge >= 0.3 is 0 Å². The van der Waals surface area contributed by atoms with Crippen LogP contribution in [0.2, 0.25) is 0 Å². The zero-order valence-electron chi connectivity index (χ0n) is 13.1. The van der Waals surface area contributed by atoms with Crippen molar-refractivity contribution in [3.05, 3.63) is 34.9 Å². The van der Waals surface area contributed by atoms with Crippen LogP contribution in [0.4, 0.5) is 8.78 Å². The Morgan fingerprint density at radius 2 is 1.67 bits per heavy atom. The standard InChI is InChI=1S/C18H25F2N/c1-10(2)21-18(17-12-6-4-5-7-13(12)17)14-8-11(3)15(19)9-16(14)20/h8-10,12-13,17-18,21H,4-7H2,1-3H3. The maximum absolute atomic E-state index is 14.3. The highest BCUT2D eigenvalue weighted by Crippen LogP contribution is 2.60. The second kappa shape index (κ2) is 5.68. The lowest BCUT2D eigenvalue weighted by molar-refractivity contribution is 0.393. The monoisotopic (exact) mass is 293 g/mol. The number of hydrogen-bond acceptors (Lipinski definition) is 1. The molecule has 0 aliphatic heterocycles. The molecule has 116 valence electrons. The first-order valence-electron chi connectivity index (χ1n) is 8.20. The highest BCUT2D eigenvalue weighted by atomic mass is 19.1. The zero-order chi connectivity index (χ0) is 15.1. The van der Waals surface area contributed by atoms with Crippen LogP contribution in [0.5, 0.6) is 0 Å². The summed E-state index contributed by atoms with van der Waals surface area (Å²) < 4.78 is 27.9. The van der Waals surface area contributed by atoms with E-state index in [2.05, 4.69) is 19.2 Å². The fourth-order valence-electron chi connectivity index (χ4n) is 4.23. The summed E-state index contributed by atoms with van der Waals surface area (Å²) in [5.74, 6) is 1.14. The Morgan fingerprint density at radius 1 is 1.05 bits per heavy atom. The van der Waals surface area contributed by atoms with Crippen molar-refractivity contribution < 1.29 is 8.78 Å². The molecule has 0 saturated heterocycles. The van der Waals surface area contributed by atoms with Crippen molar-refractivity contribution in [3.63, 3.8) is 0 Å². The minimum absolute atomic E-state index is 0.0254. The number of benzene rings is 1. The molecule has 21 heavy (non-hydrogen) atoms. The van der Waals surface area contributed by atoms with Crippen molar-refractivity contribution in [2.24, 2.45) is 17.8 Å². The number of nitrogens with one attached hydrogen (secondary N) is 1. The van der Waals surface area contributed by atoms with Gasteiger partial charge in [0.15, 0.2) is 0 Å². The van der Waals surface area contributed by atoms with Crippen LogP contribution in [0, 0.1) is 36.3 Å². The van der Waals surface area contributed by atoms with Crippen molar-refractivity contribution in [1.29, 1.82) is 0 Å². The third-order valence-corrected chi connectivity index (χ3v) is 5.23. The molecule has 3 unspecified atom stereocenters.